The zero-order valence-electron chi connectivity index (χ0n) is 12.8. The van der Waals surface area contributed by atoms with Crippen molar-refractivity contribution in [1.82, 2.24) is 4.98 Å². The summed E-state index contributed by atoms with van der Waals surface area (Å²) in [5.41, 5.74) is 2.32. The smallest absolute Gasteiger partial charge is 0.276 e. The lowest BCUT2D eigenvalue weighted by molar-refractivity contribution is 0.0988. The molecule has 0 atom stereocenters. The lowest BCUT2D eigenvalue weighted by atomic mass is 10.2. The van der Waals surface area contributed by atoms with E-state index in [2.05, 4.69) is 10.3 Å². The number of hydrogen-bond acceptors (Lipinski definition) is 3. The first kappa shape index (κ1) is 14.6. The highest BCUT2D eigenvalue weighted by atomic mass is 16.2. The van der Waals surface area contributed by atoms with Crippen molar-refractivity contribution in [3.63, 3.8) is 0 Å². The van der Waals surface area contributed by atoms with E-state index in [1.54, 1.807) is 24.2 Å². The maximum absolute atomic E-state index is 12.4. The summed E-state index contributed by atoms with van der Waals surface area (Å²) in [5.74, 6) is -0.0985. The van der Waals surface area contributed by atoms with Gasteiger partial charge < -0.3 is 10.2 Å². The van der Waals surface area contributed by atoms with Crippen molar-refractivity contribution in [3.05, 3.63) is 54.4 Å². The van der Waals surface area contributed by atoms with Gasteiger partial charge in [-0.2, -0.15) is 0 Å². The van der Waals surface area contributed by atoms with Gasteiger partial charge in [0.05, 0.1) is 11.9 Å². The van der Waals surface area contributed by atoms with Crippen molar-refractivity contribution >= 4 is 17.3 Å². The minimum Gasteiger partial charge on any atom is -0.381 e. The van der Waals surface area contributed by atoms with Crippen LogP contribution in [0.4, 0.5) is 11.4 Å². The first-order valence-electron chi connectivity index (χ1n) is 7.80. The third kappa shape index (κ3) is 3.27. The molecule has 114 valence electrons. The Balaban J connectivity index is 1.68. The summed E-state index contributed by atoms with van der Waals surface area (Å²) < 4.78 is 0. The molecule has 1 amide bonds. The highest BCUT2D eigenvalue weighted by molar-refractivity contribution is 6.04. The van der Waals surface area contributed by atoms with Crippen LogP contribution >= 0.6 is 0 Å². The summed E-state index contributed by atoms with van der Waals surface area (Å²) in [6.07, 6.45) is 6.78. The molecular weight excluding hydrogens is 274 g/mol. The molecule has 1 aromatic carbocycles. The maximum Gasteiger partial charge on any atom is 0.276 e. The zero-order chi connectivity index (χ0) is 15.4. The second kappa shape index (κ2) is 6.60. The third-order valence-electron chi connectivity index (χ3n) is 4.16. The Morgan fingerprint density at radius 1 is 1.14 bits per heavy atom. The molecule has 1 aliphatic carbocycles. The number of carbonyl (C=O) groups is 1. The predicted octanol–water partition coefficient (Wildman–Crippen LogP) is 3.71. The number of rotatable bonds is 4. The van der Waals surface area contributed by atoms with Gasteiger partial charge in [0.2, 0.25) is 0 Å². The maximum atomic E-state index is 12.4. The fourth-order valence-corrected chi connectivity index (χ4v) is 2.85. The topological polar surface area (TPSA) is 45.2 Å². The van der Waals surface area contributed by atoms with E-state index in [4.69, 9.17) is 0 Å². The molecule has 0 unspecified atom stereocenters. The minimum atomic E-state index is -0.0985. The highest BCUT2D eigenvalue weighted by Gasteiger charge is 2.16. The number of hydrogen-bond donors (Lipinski definition) is 1. The molecule has 2 aromatic rings. The van der Waals surface area contributed by atoms with Gasteiger partial charge in [-0.3, -0.25) is 4.79 Å². The number of aromatic nitrogens is 1. The Hall–Kier alpha value is -2.36. The van der Waals surface area contributed by atoms with E-state index in [1.807, 2.05) is 36.4 Å². The third-order valence-corrected chi connectivity index (χ3v) is 4.16. The molecule has 0 radical (unpaired) electrons. The summed E-state index contributed by atoms with van der Waals surface area (Å²) in [4.78, 5) is 18.4. The molecule has 1 heterocycles. The average molecular weight is 295 g/mol. The highest BCUT2D eigenvalue weighted by Crippen LogP contribution is 2.22. The van der Waals surface area contributed by atoms with Gasteiger partial charge in [0.25, 0.3) is 5.91 Å². The van der Waals surface area contributed by atoms with Crippen LogP contribution in [0.3, 0.4) is 0 Å². The van der Waals surface area contributed by atoms with E-state index in [0.717, 1.165) is 11.4 Å². The van der Waals surface area contributed by atoms with Crippen LogP contribution < -0.4 is 10.2 Å². The van der Waals surface area contributed by atoms with Crippen LogP contribution in [0.2, 0.25) is 0 Å². The Morgan fingerprint density at radius 3 is 2.50 bits per heavy atom. The van der Waals surface area contributed by atoms with Gasteiger partial charge in [0, 0.05) is 18.8 Å². The molecule has 1 saturated carbocycles. The number of anilines is 2. The van der Waals surface area contributed by atoms with Crippen LogP contribution in [0, 0.1) is 0 Å². The fourth-order valence-electron chi connectivity index (χ4n) is 2.85. The first-order valence-corrected chi connectivity index (χ1v) is 7.80. The normalized spacial score (nSPS) is 14.8. The molecule has 4 heteroatoms. The zero-order valence-corrected chi connectivity index (χ0v) is 12.8. The van der Waals surface area contributed by atoms with Gasteiger partial charge in [-0.05, 0) is 37.1 Å². The van der Waals surface area contributed by atoms with Gasteiger partial charge in [0.1, 0.15) is 5.69 Å². The van der Waals surface area contributed by atoms with Crippen molar-refractivity contribution in [3.8, 4) is 0 Å². The Labute approximate surface area is 131 Å². The molecule has 0 aliphatic heterocycles. The van der Waals surface area contributed by atoms with Crippen LogP contribution in [0.1, 0.15) is 36.2 Å². The van der Waals surface area contributed by atoms with Crippen LogP contribution in [-0.4, -0.2) is 24.0 Å². The van der Waals surface area contributed by atoms with Crippen LogP contribution in [0.15, 0.2) is 48.7 Å². The van der Waals surface area contributed by atoms with E-state index >= 15 is 0 Å². The van der Waals surface area contributed by atoms with Crippen LogP contribution in [0.5, 0.6) is 0 Å². The van der Waals surface area contributed by atoms with Gasteiger partial charge >= 0.3 is 0 Å². The number of benzene rings is 1. The fraction of sp³-hybridized carbons (Fsp3) is 0.333. The molecule has 22 heavy (non-hydrogen) atoms. The van der Waals surface area contributed by atoms with Gasteiger partial charge in [-0.25, -0.2) is 4.98 Å². The van der Waals surface area contributed by atoms with E-state index < -0.39 is 0 Å². The van der Waals surface area contributed by atoms with E-state index in [0.29, 0.717) is 11.7 Å². The number of nitrogens with zero attached hydrogens (tertiary/aromatic N) is 2. The van der Waals surface area contributed by atoms with E-state index in [1.165, 1.54) is 25.7 Å². The number of nitrogens with one attached hydrogen (secondary N) is 1. The second-order valence-corrected chi connectivity index (χ2v) is 5.76. The van der Waals surface area contributed by atoms with Crippen molar-refractivity contribution in [1.29, 1.82) is 0 Å². The quantitative estimate of drug-likeness (QED) is 0.935. The summed E-state index contributed by atoms with van der Waals surface area (Å²) in [5, 5.41) is 3.48. The molecule has 0 spiro atoms. The van der Waals surface area contributed by atoms with Crippen molar-refractivity contribution < 1.29 is 4.79 Å². The van der Waals surface area contributed by atoms with Gasteiger partial charge in [0.15, 0.2) is 0 Å². The van der Waals surface area contributed by atoms with Crippen LogP contribution in [0.25, 0.3) is 0 Å². The number of pyridine rings is 1. The molecule has 1 aromatic heterocycles. The Bertz CT molecular complexity index is 619. The summed E-state index contributed by atoms with van der Waals surface area (Å²) in [6.45, 7) is 0. The number of amides is 1. The van der Waals surface area contributed by atoms with Gasteiger partial charge in [-0.1, -0.05) is 31.0 Å². The van der Waals surface area contributed by atoms with Crippen molar-refractivity contribution in [2.24, 2.45) is 0 Å². The van der Waals surface area contributed by atoms with Gasteiger partial charge in [-0.15, -0.1) is 0 Å². The lowest BCUT2D eigenvalue weighted by Crippen LogP contribution is -2.27. The van der Waals surface area contributed by atoms with Crippen LogP contribution in [-0.2, 0) is 0 Å². The first-order chi connectivity index (χ1) is 10.7. The number of para-hydroxylation sites is 1. The standard InChI is InChI=1S/C18H21N3O/c1-21(16-9-3-2-4-10-16)18(22)17-12-11-15(13-19-17)20-14-7-5-6-8-14/h2-4,9-14,20H,5-8H2,1H3. The minimum absolute atomic E-state index is 0.0985. The Kier molecular flexibility index (Phi) is 4.37. The largest absolute Gasteiger partial charge is 0.381 e. The summed E-state index contributed by atoms with van der Waals surface area (Å²) in [6, 6.07) is 13.9. The monoisotopic (exact) mass is 295 g/mol. The van der Waals surface area contributed by atoms with E-state index in [9.17, 15) is 4.79 Å². The molecule has 3 rings (SSSR count). The van der Waals surface area contributed by atoms with Crippen molar-refractivity contribution in [2.75, 3.05) is 17.3 Å². The molecule has 1 N–H and O–H groups in total. The van der Waals surface area contributed by atoms with Crippen molar-refractivity contribution in [2.45, 2.75) is 31.7 Å². The molecule has 0 bridgehead atoms. The number of carbonyl (C=O) groups excluding carboxylic acids is 1. The molecule has 1 fully saturated rings. The molecule has 4 nitrogen and oxygen atoms in total. The predicted molar refractivity (Wildman–Crippen MR) is 89.3 cm³/mol. The summed E-state index contributed by atoms with van der Waals surface area (Å²) in [7, 11) is 1.77. The summed E-state index contributed by atoms with van der Waals surface area (Å²) >= 11 is 0. The second-order valence-electron chi connectivity index (χ2n) is 5.76. The lowest BCUT2D eigenvalue weighted by Gasteiger charge is -2.17. The average Bonchev–Trinajstić information content (AvgIpc) is 3.08. The SMILES string of the molecule is CN(C(=O)c1ccc(NC2CCCC2)cn1)c1ccccc1. The molecular formula is C18H21N3O. The Morgan fingerprint density at radius 2 is 1.86 bits per heavy atom. The molecule has 1 aliphatic rings. The molecule has 0 saturated heterocycles. The van der Waals surface area contributed by atoms with E-state index in [-0.39, 0.29) is 5.91 Å².